The summed E-state index contributed by atoms with van der Waals surface area (Å²) in [6.07, 6.45) is 0.0429. The Labute approximate surface area is 111 Å². The summed E-state index contributed by atoms with van der Waals surface area (Å²) in [5.74, 6) is -0.229. The maximum atomic E-state index is 11.6. The normalized spacial score (nSPS) is 13.7. The number of carbonyl (C=O) groups is 1. The molecule has 0 bridgehead atoms. The van der Waals surface area contributed by atoms with Crippen molar-refractivity contribution in [1.82, 2.24) is 5.32 Å². The summed E-state index contributed by atoms with van der Waals surface area (Å²) in [5, 5.41) is 12.5. The number of carbonyl (C=O) groups excluding carboxylic acids is 1. The molecule has 0 saturated heterocycles. The number of hydrogen-bond donors (Lipinski definition) is 2. The van der Waals surface area contributed by atoms with Crippen molar-refractivity contribution < 1.29 is 9.72 Å². The first-order valence-corrected chi connectivity index (χ1v) is 6.15. The summed E-state index contributed by atoms with van der Waals surface area (Å²) in [6.45, 7) is 1.56. The van der Waals surface area contributed by atoms with Gasteiger partial charge in [0.1, 0.15) is 0 Å². The second kappa shape index (κ2) is 7.00. The Morgan fingerprint density at radius 1 is 1.44 bits per heavy atom. The monoisotopic (exact) mass is 268 g/mol. The fraction of sp³-hybridized carbons (Fsp3) is 0.417. The van der Waals surface area contributed by atoms with Gasteiger partial charge in [0, 0.05) is 11.3 Å². The summed E-state index contributed by atoms with van der Waals surface area (Å²) in [6, 6.07) is 9.41. The zero-order valence-electron chi connectivity index (χ0n) is 10.1. The van der Waals surface area contributed by atoms with E-state index >= 15 is 0 Å². The van der Waals surface area contributed by atoms with Gasteiger partial charge in [0.2, 0.25) is 12.5 Å². The SMILES string of the molecule is CC(NC(=O)CC(S)C[N+](=O)[O-])c1ccccc1. The third-order valence-electron chi connectivity index (χ3n) is 2.46. The lowest BCUT2D eigenvalue weighted by Gasteiger charge is -2.15. The Balaban J connectivity index is 2.43. The first-order valence-electron chi connectivity index (χ1n) is 5.63. The predicted molar refractivity (Wildman–Crippen MR) is 72.3 cm³/mol. The molecule has 0 spiro atoms. The summed E-state index contributed by atoms with van der Waals surface area (Å²) in [7, 11) is 0. The van der Waals surface area contributed by atoms with Gasteiger partial charge in [-0.2, -0.15) is 12.6 Å². The molecule has 0 heterocycles. The van der Waals surface area contributed by atoms with Crippen LogP contribution in [0.1, 0.15) is 24.9 Å². The first kappa shape index (κ1) is 14.5. The number of nitro groups is 1. The van der Waals surface area contributed by atoms with Crippen LogP contribution in [0.25, 0.3) is 0 Å². The molecule has 6 heteroatoms. The lowest BCUT2D eigenvalue weighted by Crippen LogP contribution is -2.30. The van der Waals surface area contributed by atoms with Crippen molar-refractivity contribution >= 4 is 18.5 Å². The van der Waals surface area contributed by atoms with Crippen molar-refractivity contribution in [2.24, 2.45) is 0 Å². The van der Waals surface area contributed by atoms with Crippen LogP contribution in [0.4, 0.5) is 0 Å². The van der Waals surface area contributed by atoms with E-state index in [9.17, 15) is 14.9 Å². The molecule has 2 unspecified atom stereocenters. The van der Waals surface area contributed by atoms with Gasteiger partial charge in [-0.25, -0.2) is 0 Å². The Hall–Kier alpha value is -1.56. The van der Waals surface area contributed by atoms with E-state index < -0.39 is 10.2 Å². The van der Waals surface area contributed by atoms with E-state index in [1.165, 1.54) is 0 Å². The maximum Gasteiger partial charge on any atom is 0.221 e. The molecule has 1 aromatic carbocycles. The van der Waals surface area contributed by atoms with Gasteiger partial charge in [-0.15, -0.1) is 0 Å². The summed E-state index contributed by atoms with van der Waals surface area (Å²) >= 11 is 4.02. The molecular formula is C12H16N2O3S. The Morgan fingerprint density at radius 3 is 2.61 bits per heavy atom. The number of thiol groups is 1. The third-order valence-corrected chi connectivity index (χ3v) is 2.80. The molecule has 0 saturated carbocycles. The Bertz CT molecular complexity index is 411. The van der Waals surface area contributed by atoms with E-state index in [2.05, 4.69) is 17.9 Å². The molecule has 98 valence electrons. The zero-order valence-corrected chi connectivity index (χ0v) is 11.0. The summed E-state index contributed by atoms with van der Waals surface area (Å²) < 4.78 is 0. The highest BCUT2D eigenvalue weighted by atomic mass is 32.1. The molecule has 1 amide bonds. The number of rotatable bonds is 6. The molecule has 18 heavy (non-hydrogen) atoms. The van der Waals surface area contributed by atoms with E-state index in [1.54, 1.807) is 0 Å². The average Bonchev–Trinajstić information content (AvgIpc) is 2.28. The van der Waals surface area contributed by atoms with Crippen molar-refractivity contribution in [3.05, 3.63) is 46.0 Å². The lowest BCUT2D eigenvalue weighted by atomic mass is 10.1. The van der Waals surface area contributed by atoms with Crippen LogP contribution in [0.5, 0.6) is 0 Å². The largest absolute Gasteiger partial charge is 0.350 e. The molecule has 1 rings (SSSR count). The molecule has 0 aliphatic heterocycles. The molecule has 0 aromatic heterocycles. The van der Waals surface area contributed by atoms with Crippen LogP contribution >= 0.6 is 12.6 Å². The van der Waals surface area contributed by atoms with Gasteiger partial charge in [-0.1, -0.05) is 30.3 Å². The smallest absolute Gasteiger partial charge is 0.221 e. The van der Waals surface area contributed by atoms with Crippen molar-refractivity contribution in [1.29, 1.82) is 0 Å². The highest BCUT2D eigenvalue weighted by Crippen LogP contribution is 2.12. The van der Waals surface area contributed by atoms with Gasteiger partial charge in [-0.05, 0) is 12.5 Å². The molecule has 1 N–H and O–H groups in total. The van der Waals surface area contributed by atoms with E-state index in [0.717, 1.165) is 5.56 Å². The fourth-order valence-electron chi connectivity index (χ4n) is 1.58. The quantitative estimate of drug-likeness (QED) is 0.469. The summed E-state index contributed by atoms with van der Waals surface area (Å²) in [4.78, 5) is 21.4. The van der Waals surface area contributed by atoms with Crippen LogP contribution in [0, 0.1) is 10.1 Å². The second-order valence-corrected chi connectivity index (χ2v) is 4.80. The predicted octanol–water partition coefficient (Wildman–Crippen LogP) is 1.83. The van der Waals surface area contributed by atoms with Gasteiger partial charge < -0.3 is 5.32 Å². The highest BCUT2D eigenvalue weighted by Gasteiger charge is 2.16. The number of hydrogen-bond acceptors (Lipinski definition) is 4. The minimum atomic E-state index is -0.553. The van der Waals surface area contributed by atoms with Crippen LogP contribution in [0.3, 0.4) is 0 Å². The van der Waals surface area contributed by atoms with Gasteiger partial charge in [-0.3, -0.25) is 14.9 Å². The van der Waals surface area contributed by atoms with Crippen LogP contribution in [-0.4, -0.2) is 22.6 Å². The van der Waals surface area contributed by atoms with Crippen molar-refractivity contribution in [3.8, 4) is 0 Å². The minimum Gasteiger partial charge on any atom is -0.350 e. The minimum absolute atomic E-state index is 0.0429. The highest BCUT2D eigenvalue weighted by molar-refractivity contribution is 7.81. The Morgan fingerprint density at radius 2 is 2.06 bits per heavy atom. The van der Waals surface area contributed by atoms with E-state index in [1.807, 2.05) is 37.3 Å². The van der Waals surface area contributed by atoms with Crippen LogP contribution in [0.2, 0.25) is 0 Å². The Kier molecular flexibility index (Phi) is 5.64. The van der Waals surface area contributed by atoms with Gasteiger partial charge >= 0.3 is 0 Å². The first-order chi connectivity index (χ1) is 8.49. The van der Waals surface area contributed by atoms with E-state index in [0.29, 0.717) is 0 Å². The third kappa shape index (κ3) is 5.18. The van der Waals surface area contributed by atoms with Gasteiger partial charge in [0.15, 0.2) is 0 Å². The fourth-order valence-corrected chi connectivity index (χ4v) is 1.88. The van der Waals surface area contributed by atoms with Crippen molar-refractivity contribution in [3.63, 3.8) is 0 Å². The van der Waals surface area contributed by atoms with Crippen LogP contribution < -0.4 is 5.32 Å². The molecule has 1 aromatic rings. The zero-order chi connectivity index (χ0) is 13.5. The summed E-state index contributed by atoms with van der Waals surface area (Å²) in [5.41, 5.74) is 0.996. The van der Waals surface area contributed by atoms with Crippen LogP contribution in [0.15, 0.2) is 30.3 Å². The molecule has 0 fully saturated rings. The van der Waals surface area contributed by atoms with Crippen LogP contribution in [-0.2, 0) is 4.79 Å². The average molecular weight is 268 g/mol. The molecule has 0 radical (unpaired) electrons. The molecule has 5 nitrogen and oxygen atoms in total. The van der Waals surface area contributed by atoms with Crippen molar-refractivity contribution in [2.75, 3.05) is 6.54 Å². The van der Waals surface area contributed by atoms with Gasteiger partial charge in [0.05, 0.1) is 11.3 Å². The molecule has 0 aliphatic rings. The molecular weight excluding hydrogens is 252 g/mol. The molecule has 2 atom stereocenters. The number of amides is 1. The van der Waals surface area contributed by atoms with Gasteiger partial charge in [0.25, 0.3) is 0 Å². The molecule has 0 aliphatic carbocycles. The standard InChI is InChI=1S/C12H16N2O3S/c1-9(10-5-3-2-4-6-10)13-12(15)7-11(18)8-14(16)17/h2-6,9,11,18H,7-8H2,1H3,(H,13,15). The topological polar surface area (TPSA) is 72.2 Å². The number of nitrogens with one attached hydrogen (secondary N) is 1. The number of nitrogens with zero attached hydrogens (tertiary/aromatic N) is 1. The second-order valence-electron chi connectivity index (χ2n) is 4.07. The lowest BCUT2D eigenvalue weighted by molar-refractivity contribution is -0.478. The number of benzene rings is 1. The van der Waals surface area contributed by atoms with E-state index in [-0.39, 0.29) is 24.9 Å². The maximum absolute atomic E-state index is 11.6. The van der Waals surface area contributed by atoms with Crippen molar-refractivity contribution in [2.45, 2.75) is 24.6 Å². The van der Waals surface area contributed by atoms with E-state index in [4.69, 9.17) is 0 Å².